The number of rotatable bonds is 7. The summed E-state index contributed by atoms with van der Waals surface area (Å²) in [5, 5.41) is 4.26. The first-order valence-corrected chi connectivity index (χ1v) is 25.9. The van der Waals surface area contributed by atoms with Crippen molar-refractivity contribution < 1.29 is 4.74 Å². The van der Waals surface area contributed by atoms with Gasteiger partial charge in [-0.2, -0.15) is 0 Å². The number of allylic oxidation sites excluding steroid dienone is 14. The molecule has 11 atom stereocenters. The molecule has 1 aromatic rings. The van der Waals surface area contributed by atoms with Crippen LogP contribution in [0, 0.1) is 35.5 Å². The number of hydrogen-bond acceptors (Lipinski definition) is 6. The third-order valence-electron chi connectivity index (χ3n) is 17.3. The topological polar surface area (TPSA) is 43.3 Å². The van der Waals surface area contributed by atoms with Crippen LogP contribution in [0.25, 0.3) is 5.57 Å². The molecule has 0 spiro atoms. The summed E-state index contributed by atoms with van der Waals surface area (Å²) in [5.74, 6) is 5.42. The second kappa shape index (κ2) is 17.4. The molecule has 6 heteroatoms. The quantitative estimate of drug-likeness (QED) is 0.277. The summed E-state index contributed by atoms with van der Waals surface area (Å²) in [6, 6.07) is 5.53. The number of aliphatic imine (C=N–C) groups is 1. The third-order valence-corrected chi connectivity index (χ3v) is 17.3. The Morgan fingerprint density at radius 3 is 2.46 bits per heavy atom. The molecular weight excluding hydrogens is 795 g/mol. The Balaban J connectivity index is 0.947. The molecule has 65 heavy (non-hydrogen) atoms. The summed E-state index contributed by atoms with van der Waals surface area (Å²) in [4.78, 5) is 13.7. The minimum absolute atomic E-state index is 0.0638. The van der Waals surface area contributed by atoms with Gasteiger partial charge in [0, 0.05) is 83.5 Å². The molecule has 6 nitrogen and oxygen atoms in total. The molecule has 1 N–H and O–H groups in total. The zero-order chi connectivity index (χ0) is 43.6. The van der Waals surface area contributed by atoms with E-state index in [2.05, 4.69) is 150 Å². The smallest absolute Gasteiger partial charge is 0.129 e. The number of fused-ring (bicyclic) bond motifs is 6. The highest BCUT2D eigenvalue weighted by molar-refractivity contribution is 5.88. The monoisotopic (exact) mass is 866 g/mol. The molecule has 0 fully saturated rings. The van der Waals surface area contributed by atoms with Crippen LogP contribution in [0.1, 0.15) is 120 Å². The zero-order valence-corrected chi connectivity index (χ0v) is 39.3. The number of nitrogens with zero attached hydrogens (tertiary/aromatic N) is 4. The molecule has 338 valence electrons. The highest BCUT2D eigenvalue weighted by atomic mass is 16.5. The van der Waals surface area contributed by atoms with E-state index in [-0.39, 0.29) is 30.3 Å². The van der Waals surface area contributed by atoms with Crippen LogP contribution in [0.4, 0.5) is 5.69 Å². The van der Waals surface area contributed by atoms with E-state index in [0.29, 0.717) is 35.6 Å². The molecule has 11 unspecified atom stereocenters. The number of ether oxygens (including phenoxy) is 1. The summed E-state index contributed by atoms with van der Waals surface area (Å²) >= 11 is 0. The van der Waals surface area contributed by atoms with E-state index >= 15 is 0 Å². The van der Waals surface area contributed by atoms with Crippen molar-refractivity contribution in [3.63, 3.8) is 0 Å². The Morgan fingerprint density at radius 1 is 0.785 bits per heavy atom. The van der Waals surface area contributed by atoms with Crippen LogP contribution in [0.15, 0.2) is 142 Å². The number of amidine groups is 1. The van der Waals surface area contributed by atoms with Crippen molar-refractivity contribution in [3.8, 4) is 5.75 Å². The van der Waals surface area contributed by atoms with Gasteiger partial charge in [0.05, 0.1) is 0 Å². The van der Waals surface area contributed by atoms with Crippen LogP contribution in [0.3, 0.4) is 0 Å². The summed E-state index contributed by atoms with van der Waals surface area (Å²) < 4.78 is 7.03. The number of likely N-dealkylation sites (N-methyl/N-ethyl adjacent to an activating group) is 2. The van der Waals surface area contributed by atoms with Crippen LogP contribution in [0.5, 0.6) is 5.75 Å². The van der Waals surface area contributed by atoms with E-state index in [9.17, 15) is 0 Å². The van der Waals surface area contributed by atoms with Crippen LogP contribution in [-0.4, -0.2) is 60.8 Å². The van der Waals surface area contributed by atoms with Crippen molar-refractivity contribution in [1.29, 1.82) is 0 Å². The van der Waals surface area contributed by atoms with Gasteiger partial charge >= 0.3 is 0 Å². The fourth-order valence-electron chi connectivity index (χ4n) is 14.0. The van der Waals surface area contributed by atoms with E-state index in [1.54, 1.807) is 16.8 Å². The number of nitrogens with one attached hydrogen (secondary N) is 1. The molecule has 0 saturated carbocycles. The maximum absolute atomic E-state index is 7.03. The summed E-state index contributed by atoms with van der Waals surface area (Å²) in [6.07, 6.45) is 56.7. The SMILES string of the molecule is CC1C=CC2c3cc4c(cc3N(C3=CCCCC3)C2C1)OC1CCC(C2=C(C3N(C)C(C5C=CC=CC5)=NC(C5C=CCCC5)N3C)C=C(C3CCC=C(C5C=CC=CC5)C3)CN2)C=C41. The summed E-state index contributed by atoms with van der Waals surface area (Å²) in [7, 11) is 4.72. The Bertz CT molecular complexity index is 2450. The van der Waals surface area contributed by atoms with Crippen molar-refractivity contribution in [2.45, 2.75) is 134 Å². The van der Waals surface area contributed by atoms with Gasteiger partial charge in [-0.15, -0.1) is 0 Å². The summed E-state index contributed by atoms with van der Waals surface area (Å²) in [6.45, 7) is 3.32. The minimum Gasteiger partial charge on any atom is -0.485 e. The fraction of sp³-hybridized carbons (Fsp3) is 0.508. The van der Waals surface area contributed by atoms with E-state index in [1.807, 2.05) is 0 Å². The third kappa shape index (κ3) is 7.54. The minimum atomic E-state index is 0.0638. The average molecular weight is 866 g/mol. The number of benzene rings is 1. The first-order valence-electron chi connectivity index (χ1n) is 25.9. The maximum Gasteiger partial charge on any atom is 0.129 e. The lowest BCUT2D eigenvalue weighted by Crippen LogP contribution is -2.59. The van der Waals surface area contributed by atoms with Gasteiger partial charge in [0.1, 0.15) is 30.0 Å². The van der Waals surface area contributed by atoms with E-state index in [0.717, 1.165) is 44.4 Å². The van der Waals surface area contributed by atoms with Crippen LogP contribution in [-0.2, 0) is 0 Å². The molecule has 0 bridgehead atoms. The molecule has 0 amide bonds. The van der Waals surface area contributed by atoms with Crippen molar-refractivity contribution in [3.05, 3.63) is 149 Å². The first kappa shape index (κ1) is 41.6. The van der Waals surface area contributed by atoms with E-state index in [1.165, 1.54) is 104 Å². The molecule has 0 radical (unpaired) electrons. The van der Waals surface area contributed by atoms with Crippen LogP contribution < -0.4 is 15.0 Å². The number of anilines is 1. The Kier molecular flexibility index (Phi) is 11.2. The van der Waals surface area contributed by atoms with Crippen molar-refractivity contribution in [2.75, 3.05) is 25.5 Å². The lowest BCUT2D eigenvalue weighted by molar-refractivity contribution is 0.0720. The molecule has 0 aromatic heterocycles. The van der Waals surface area contributed by atoms with Crippen LogP contribution >= 0.6 is 0 Å². The zero-order valence-electron chi connectivity index (χ0n) is 39.3. The molecule has 1 aromatic carbocycles. The lowest BCUT2D eigenvalue weighted by Gasteiger charge is -2.50. The average Bonchev–Trinajstić information content (AvgIpc) is 3.87. The van der Waals surface area contributed by atoms with Crippen molar-refractivity contribution >= 4 is 17.1 Å². The van der Waals surface area contributed by atoms with Crippen LogP contribution in [0.2, 0.25) is 0 Å². The normalized spacial score (nSPS) is 36.2. The molecular formula is C59H71N5O. The van der Waals surface area contributed by atoms with Crippen molar-refractivity contribution in [1.82, 2.24) is 15.1 Å². The molecule has 4 heterocycles. The molecule has 12 rings (SSSR count). The lowest BCUT2D eigenvalue weighted by atomic mass is 9.75. The van der Waals surface area contributed by atoms with Gasteiger partial charge in [-0.25, -0.2) is 0 Å². The second-order valence-electron chi connectivity index (χ2n) is 21.4. The van der Waals surface area contributed by atoms with Gasteiger partial charge in [0.25, 0.3) is 0 Å². The maximum atomic E-state index is 7.03. The highest BCUT2D eigenvalue weighted by Gasteiger charge is 2.46. The molecule has 7 aliphatic carbocycles. The van der Waals surface area contributed by atoms with Gasteiger partial charge in [0.15, 0.2) is 0 Å². The highest BCUT2D eigenvalue weighted by Crippen LogP contribution is 2.55. The van der Waals surface area contributed by atoms with Gasteiger partial charge < -0.3 is 19.9 Å². The summed E-state index contributed by atoms with van der Waals surface area (Å²) in [5.41, 5.74) is 13.3. The molecule has 4 aliphatic heterocycles. The van der Waals surface area contributed by atoms with E-state index < -0.39 is 0 Å². The first-order chi connectivity index (χ1) is 32.0. The van der Waals surface area contributed by atoms with E-state index in [4.69, 9.17) is 9.73 Å². The number of dihydropyridines is 1. The Hall–Kier alpha value is -4.81. The second-order valence-corrected chi connectivity index (χ2v) is 21.4. The Labute approximate surface area is 389 Å². The standard InChI is InChI=1S/C59H71N5O/c1-38-27-29-47-48-35-50-49-33-44(28-30-54(49)65-55(50)36-53(48)64(52(47)31-38)46-25-14-7-15-26-46)56-51(34-45(37-60-56)43-24-16-23-42(32-43)39-17-8-4-9-18-39)59-62(2)57(40-19-10-5-11-20-40)61-58(63(59)3)41-21-12-6-13-22-41/h4-5,8-12,17,19,21,23,25,27,29,33-36,38-41,43-44,47,52,54,58-60H,6-7,13-16,18,20,22,24,26,28,30-32,37H2,1-3H3. The predicted octanol–water partition coefficient (Wildman–Crippen LogP) is 12.6. The predicted molar refractivity (Wildman–Crippen MR) is 268 cm³/mol. The molecule has 0 saturated heterocycles. The number of hydrogen-bond donors (Lipinski definition) is 1. The van der Waals surface area contributed by atoms with Gasteiger partial charge in [0.2, 0.25) is 0 Å². The fourth-order valence-corrected chi connectivity index (χ4v) is 14.0. The van der Waals surface area contributed by atoms with Gasteiger partial charge in [-0.1, -0.05) is 110 Å². The van der Waals surface area contributed by atoms with Gasteiger partial charge in [-0.05, 0) is 138 Å². The largest absolute Gasteiger partial charge is 0.485 e. The Morgan fingerprint density at radius 2 is 1.66 bits per heavy atom. The van der Waals surface area contributed by atoms with Gasteiger partial charge in [-0.3, -0.25) is 9.89 Å². The van der Waals surface area contributed by atoms with Crippen molar-refractivity contribution in [2.24, 2.45) is 40.5 Å². The molecule has 11 aliphatic rings.